The molecule has 0 spiro atoms. The Balaban J connectivity index is 2.25. The van der Waals surface area contributed by atoms with Gasteiger partial charge in [-0.3, -0.25) is 10.0 Å². The van der Waals surface area contributed by atoms with Crippen molar-refractivity contribution in [2.24, 2.45) is 0 Å². The fraction of sp³-hybridized carbons (Fsp3) is 0.0714. The summed E-state index contributed by atoms with van der Waals surface area (Å²) >= 11 is 3.29. The molecule has 1 aromatic rings. The van der Waals surface area contributed by atoms with Gasteiger partial charge in [0.2, 0.25) is 0 Å². The molecule has 0 atom stereocenters. The Hall–Kier alpha value is -1.65. The van der Waals surface area contributed by atoms with Crippen LogP contribution in [0.4, 0.5) is 5.69 Å². The highest BCUT2D eigenvalue weighted by Crippen LogP contribution is 2.20. The lowest BCUT2D eigenvalue weighted by atomic mass is 10.1. The highest BCUT2D eigenvalue weighted by molar-refractivity contribution is 9.11. The SMILES string of the molecule is Cc1ccc(N(O)/C=C2/C=C(Br)C=CC2=O)cc1. The number of hydrogen-bond acceptors (Lipinski definition) is 3. The van der Waals surface area contributed by atoms with Gasteiger partial charge in [0.25, 0.3) is 0 Å². The van der Waals surface area contributed by atoms with Gasteiger partial charge in [-0.1, -0.05) is 33.6 Å². The van der Waals surface area contributed by atoms with E-state index in [1.54, 1.807) is 24.3 Å². The molecular weight excluding hydrogens is 294 g/mol. The largest absolute Gasteiger partial charge is 0.289 e. The third-order valence-corrected chi connectivity index (χ3v) is 3.02. The monoisotopic (exact) mass is 305 g/mol. The molecule has 0 saturated carbocycles. The highest BCUT2D eigenvalue weighted by atomic mass is 79.9. The van der Waals surface area contributed by atoms with Gasteiger partial charge in [-0.15, -0.1) is 0 Å². The molecule has 0 saturated heterocycles. The van der Waals surface area contributed by atoms with Crippen LogP contribution in [0, 0.1) is 6.92 Å². The van der Waals surface area contributed by atoms with Gasteiger partial charge in [0.15, 0.2) is 5.78 Å². The maximum Gasteiger partial charge on any atom is 0.187 e. The standard InChI is InChI=1S/C14H12BrNO2/c1-10-2-5-13(6-3-10)16(18)9-11-8-12(15)4-7-14(11)17/h2-9,18H,1H3/b11-9-. The molecule has 1 aliphatic rings. The molecule has 1 N–H and O–H groups in total. The summed E-state index contributed by atoms with van der Waals surface area (Å²) in [5.41, 5.74) is 2.14. The second-order valence-electron chi connectivity index (χ2n) is 3.99. The molecule has 1 aromatic carbocycles. The molecule has 18 heavy (non-hydrogen) atoms. The van der Waals surface area contributed by atoms with Gasteiger partial charge < -0.3 is 0 Å². The second kappa shape index (κ2) is 5.33. The minimum Gasteiger partial charge on any atom is -0.289 e. The number of rotatable bonds is 2. The van der Waals surface area contributed by atoms with Crippen LogP contribution in [0.25, 0.3) is 0 Å². The van der Waals surface area contributed by atoms with Crippen molar-refractivity contribution in [2.75, 3.05) is 5.06 Å². The minimum absolute atomic E-state index is 0.135. The molecule has 0 heterocycles. The number of ketones is 1. The number of hydrogen-bond donors (Lipinski definition) is 1. The van der Waals surface area contributed by atoms with Crippen molar-refractivity contribution in [3.05, 3.63) is 64.3 Å². The summed E-state index contributed by atoms with van der Waals surface area (Å²) in [7, 11) is 0. The molecule has 0 radical (unpaired) electrons. The van der Waals surface area contributed by atoms with E-state index in [0.29, 0.717) is 11.3 Å². The van der Waals surface area contributed by atoms with Crippen LogP contribution in [0.3, 0.4) is 0 Å². The average molecular weight is 306 g/mol. The van der Waals surface area contributed by atoms with Crippen molar-refractivity contribution >= 4 is 27.4 Å². The van der Waals surface area contributed by atoms with Crippen molar-refractivity contribution in [1.29, 1.82) is 0 Å². The van der Waals surface area contributed by atoms with E-state index in [9.17, 15) is 10.0 Å². The van der Waals surface area contributed by atoms with Crippen molar-refractivity contribution in [1.82, 2.24) is 0 Å². The molecule has 0 amide bonds. The molecule has 0 bridgehead atoms. The van der Waals surface area contributed by atoms with Crippen LogP contribution in [0.1, 0.15) is 5.56 Å². The van der Waals surface area contributed by atoms with Gasteiger partial charge in [0, 0.05) is 16.3 Å². The van der Waals surface area contributed by atoms with Gasteiger partial charge in [-0.2, -0.15) is 0 Å². The van der Waals surface area contributed by atoms with Crippen molar-refractivity contribution in [3.63, 3.8) is 0 Å². The van der Waals surface area contributed by atoms with Crippen molar-refractivity contribution in [2.45, 2.75) is 6.92 Å². The summed E-state index contributed by atoms with van der Waals surface area (Å²) in [6.07, 6.45) is 6.20. The van der Waals surface area contributed by atoms with Crippen LogP contribution in [0.2, 0.25) is 0 Å². The molecule has 2 rings (SSSR count). The number of benzene rings is 1. The first-order valence-corrected chi connectivity index (χ1v) is 6.22. The van der Waals surface area contributed by atoms with E-state index < -0.39 is 0 Å². The molecule has 0 aliphatic heterocycles. The van der Waals surface area contributed by atoms with Gasteiger partial charge in [0.1, 0.15) is 0 Å². The number of halogens is 1. The fourth-order valence-corrected chi connectivity index (χ4v) is 1.90. The van der Waals surface area contributed by atoms with Crippen LogP contribution in [0.5, 0.6) is 0 Å². The zero-order valence-corrected chi connectivity index (χ0v) is 11.4. The Kier molecular flexibility index (Phi) is 3.79. The predicted molar refractivity (Wildman–Crippen MR) is 74.7 cm³/mol. The zero-order valence-electron chi connectivity index (χ0n) is 9.80. The Morgan fingerprint density at radius 3 is 2.56 bits per heavy atom. The number of anilines is 1. The third kappa shape index (κ3) is 2.97. The lowest BCUT2D eigenvalue weighted by Crippen LogP contribution is -2.13. The summed E-state index contributed by atoms with van der Waals surface area (Å²) in [6, 6.07) is 7.36. The Bertz CT molecular complexity index is 556. The first-order chi connectivity index (χ1) is 8.56. The first-order valence-electron chi connectivity index (χ1n) is 5.42. The fourth-order valence-electron chi connectivity index (χ4n) is 1.52. The van der Waals surface area contributed by atoms with E-state index >= 15 is 0 Å². The topological polar surface area (TPSA) is 40.5 Å². The Labute approximate surface area is 114 Å². The van der Waals surface area contributed by atoms with Crippen molar-refractivity contribution in [3.8, 4) is 0 Å². The Morgan fingerprint density at radius 1 is 1.22 bits per heavy atom. The predicted octanol–water partition coefficient (Wildman–Crippen LogP) is 3.49. The quantitative estimate of drug-likeness (QED) is 0.671. The number of allylic oxidation sites excluding steroid dienone is 5. The second-order valence-corrected chi connectivity index (χ2v) is 4.91. The van der Waals surface area contributed by atoms with Gasteiger partial charge in [0.05, 0.1) is 5.69 Å². The summed E-state index contributed by atoms with van der Waals surface area (Å²) < 4.78 is 0.797. The normalized spacial score (nSPS) is 16.9. The van der Waals surface area contributed by atoms with Gasteiger partial charge in [-0.25, -0.2) is 5.06 Å². The van der Waals surface area contributed by atoms with Gasteiger partial charge >= 0.3 is 0 Å². The molecule has 0 unspecified atom stereocenters. The van der Waals surface area contributed by atoms with Gasteiger partial charge in [-0.05, 0) is 37.3 Å². The van der Waals surface area contributed by atoms with Crippen LogP contribution < -0.4 is 5.06 Å². The third-order valence-electron chi connectivity index (χ3n) is 2.53. The summed E-state index contributed by atoms with van der Waals surface area (Å²) in [5, 5.41) is 10.9. The molecule has 4 heteroatoms. The van der Waals surface area contributed by atoms with E-state index in [0.717, 1.165) is 15.1 Å². The minimum atomic E-state index is -0.135. The number of aryl methyl sites for hydroxylation is 1. The smallest absolute Gasteiger partial charge is 0.187 e. The summed E-state index contributed by atoms with van der Waals surface area (Å²) in [5.74, 6) is -0.135. The molecule has 0 aromatic heterocycles. The van der Waals surface area contributed by atoms with Crippen LogP contribution in [-0.2, 0) is 4.79 Å². The lowest BCUT2D eigenvalue weighted by Gasteiger charge is -2.14. The molecule has 1 aliphatic carbocycles. The van der Waals surface area contributed by atoms with E-state index in [2.05, 4.69) is 15.9 Å². The van der Waals surface area contributed by atoms with E-state index in [4.69, 9.17) is 0 Å². The molecular formula is C14H12BrNO2. The van der Waals surface area contributed by atoms with Crippen LogP contribution >= 0.6 is 15.9 Å². The highest BCUT2D eigenvalue weighted by Gasteiger charge is 2.11. The van der Waals surface area contributed by atoms with Crippen molar-refractivity contribution < 1.29 is 10.0 Å². The number of hydroxylamine groups is 1. The maximum atomic E-state index is 11.6. The van der Waals surface area contributed by atoms with E-state index in [1.807, 2.05) is 19.1 Å². The average Bonchev–Trinajstić information content (AvgIpc) is 2.34. The van der Waals surface area contributed by atoms with E-state index in [1.165, 1.54) is 12.3 Å². The summed E-state index contributed by atoms with van der Waals surface area (Å²) in [4.78, 5) is 11.6. The maximum absolute atomic E-state index is 11.6. The first kappa shape index (κ1) is 12.8. The number of carbonyl (C=O) groups is 1. The van der Waals surface area contributed by atoms with E-state index in [-0.39, 0.29) is 5.78 Å². The Morgan fingerprint density at radius 2 is 1.89 bits per heavy atom. The number of nitrogens with zero attached hydrogens (tertiary/aromatic N) is 1. The van der Waals surface area contributed by atoms with Crippen LogP contribution in [0.15, 0.2) is 58.7 Å². The van der Waals surface area contributed by atoms with Crippen LogP contribution in [-0.4, -0.2) is 11.0 Å². The zero-order chi connectivity index (χ0) is 13.1. The lowest BCUT2D eigenvalue weighted by molar-refractivity contribution is -0.111. The number of carbonyl (C=O) groups excluding carboxylic acids is 1. The molecule has 3 nitrogen and oxygen atoms in total. The molecule has 0 fully saturated rings. The molecule has 92 valence electrons. The summed E-state index contributed by atoms with van der Waals surface area (Å²) in [6.45, 7) is 1.97.